The standard InChI is InChI=1S/C15H20O/c1-10-11-8-6-7-9-12(11)15(4,5)13(16)14(10,2)3/h6-10H,1-5H3. The fourth-order valence-corrected chi connectivity index (χ4v) is 2.96. The number of benzene rings is 1. The van der Waals surface area contributed by atoms with Crippen LogP contribution in [0.15, 0.2) is 24.3 Å². The van der Waals surface area contributed by atoms with Gasteiger partial charge in [-0.05, 0) is 30.9 Å². The molecule has 0 heterocycles. The van der Waals surface area contributed by atoms with Gasteiger partial charge in [0.25, 0.3) is 0 Å². The fourth-order valence-electron chi connectivity index (χ4n) is 2.96. The summed E-state index contributed by atoms with van der Waals surface area (Å²) >= 11 is 0. The largest absolute Gasteiger partial charge is 0.298 e. The fraction of sp³-hybridized carbons (Fsp3) is 0.533. The highest BCUT2D eigenvalue weighted by Crippen LogP contribution is 2.49. The van der Waals surface area contributed by atoms with E-state index in [9.17, 15) is 4.79 Å². The first kappa shape index (κ1) is 11.4. The molecule has 0 N–H and O–H groups in total. The van der Waals surface area contributed by atoms with Crippen molar-refractivity contribution in [3.8, 4) is 0 Å². The lowest BCUT2D eigenvalue weighted by Gasteiger charge is -2.45. The molecule has 2 rings (SSSR count). The predicted molar refractivity (Wildman–Crippen MR) is 66.7 cm³/mol. The second kappa shape index (κ2) is 3.19. The van der Waals surface area contributed by atoms with Crippen molar-refractivity contribution in [2.75, 3.05) is 0 Å². The zero-order chi connectivity index (χ0) is 12.1. The molecular weight excluding hydrogens is 196 g/mol. The molecule has 1 heteroatoms. The number of hydrogen-bond acceptors (Lipinski definition) is 1. The molecule has 1 aliphatic carbocycles. The quantitative estimate of drug-likeness (QED) is 0.646. The van der Waals surface area contributed by atoms with Gasteiger partial charge < -0.3 is 0 Å². The first-order valence-corrected chi connectivity index (χ1v) is 5.94. The number of ketones is 1. The van der Waals surface area contributed by atoms with Gasteiger partial charge in [0.05, 0.1) is 0 Å². The zero-order valence-corrected chi connectivity index (χ0v) is 10.8. The first-order chi connectivity index (χ1) is 7.29. The van der Waals surface area contributed by atoms with E-state index < -0.39 is 0 Å². The normalized spacial score (nSPS) is 26.3. The maximum Gasteiger partial charge on any atom is 0.149 e. The number of hydrogen-bond donors (Lipinski definition) is 0. The molecule has 0 saturated carbocycles. The monoisotopic (exact) mass is 216 g/mol. The second-order valence-corrected chi connectivity index (χ2v) is 5.98. The topological polar surface area (TPSA) is 17.1 Å². The van der Waals surface area contributed by atoms with Crippen LogP contribution in [0.5, 0.6) is 0 Å². The third kappa shape index (κ3) is 1.27. The van der Waals surface area contributed by atoms with Crippen molar-refractivity contribution >= 4 is 5.78 Å². The second-order valence-electron chi connectivity index (χ2n) is 5.98. The Hall–Kier alpha value is -1.11. The number of rotatable bonds is 0. The minimum absolute atomic E-state index is 0.266. The lowest BCUT2D eigenvalue weighted by atomic mass is 9.57. The van der Waals surface area contributed by atoms with E-state index in [1.165, 1.54) is 11.1 Å². The van der Waals surface area contributed by atoms with Crippen LogP contribution in [0.4, 0.5) is 0 Å². The van der Waals surface area contributed by atoms with Crippen molar-refractivity contribution in [1.82, 2.24) is 0 Å². The third-order valence-electron chi connectivity index (χ3n) is 4.34. The van der Waals surface area contributed by atoms with Crippen molar-refractivity contribution in [1.29, 1.82) is 0 Å². The van der Waals surface area contributed by atoms with Crippen molar-refractivity contribution in [3.05, 3.63) is 35.4 Å². The molecule has 16 heavy (non-hydrogen) atoms. The molecule has 86 valence electrons. The Labute approximate surface area is 97.9 Å². The summed E-state index contributed by atoms with van der Waals surface area (Å²) in [6, 6.07) is 8.35. The van der Waals surface area contributed by atoms with Gasteiger partial charge in [-0.2, -0.15) is 0 Å². The van der Waals surface area contributed by atoms with Gasteiger partial charge in [0, 0.05) is 10.8 Å². The van der Waals surface area contributed by atoms with E-state index in [0.717, 1.165) is 0 Å². The van der Waals surface area contributed by atoms with Crippen LogP contribution in [0, 0.1) is 5.41 Å². The van der Waals surface area contributed by atoms with Crippen molar-refractivity contribution in [3.63, 3.8) is 0 Å². The SMILES string of the molecule is CC1c2ccccc2C(C)(C)C(=O)C1(C)C. The van der Waals surface area contributed by atoms with Crippen molar-refractivity contribution in [2.24, 2.45) is 5.41 Å². The van der Waals surface area contributed by atoms with Crippen LogP contribution < -0.4 is 0 Å². The summed E-state index contributed by atoms with van der Waals surface area (Å²) in [5.41, 5.74) is 1.91. The predicted octanol–water partition coefficient (Wildman–Crippen LogP) is 3.68. The van der Waals surface area contributed by atoms with Crippen LogP contribution in [0.3, 0.4) is 0 Å². The Morgan fingerprint density at radius 1 is 1.06 bits per heavy atom. The molecule has 1 aromatic rings. The molecule has 0 fully saturated rings. The van der Waals surface area contributed by atoms with Gasteiger partial charge in [-0.15, -0.1) is 0 Å². The molecule has 0 aromatic heterocycles. The molecule has 1 atom stereocenters. The Balaban J connectivity index is 2.72. The van der Waals surface area contributed by atoms with Crippen molar-refractivity contribution in [2.45, 2.75) is 46.0 Å². The molecule has 0 radical (unpaired) electrons. The van der Waals surface area contributed by atoms with Crippen molar-refractivity contribution < 1.29 is 4.79 Å². The Kier molecular flexibility index (Phi) is 2.27. The average Bonchev–Trinajstić information content (AvgIpc) is 2.25. The molecule has 0 spiro atoms. The van der Waals surface area contributed by atoms with E-state index in [1.807, 2.05) is 19.9 Å². The zero-order valence-electron chi connectivity index (χ0n) is 10.8. The molecule has 1 aromatic carbocycles. The average molecular weight is 216 g/mol. The summed E-state index contributed by atoms with van der Waals surface area (Å²) in [6.07, 6.45) is 0. The van der Waals surface area contributed by atoms with Crippen LogP contribution in [-0.2, 0) is 10.2 Å². The minimum Gasteiger partial charge on any atom is -0.298 e. The maximum atomic E-state index is 12.5. The van der Waals surface area contributed by atoms with E-state index in [2.05, 4.69) is 39.0 Å². The summed E-state index contributed by atoms with van der Waals surface area (Å²) in [5.74, 6) is 0.649. The third-order valence-corrected chi connectivity index (χ3v) is 4.34. The highest BCUT2D eigenvalue weighted by molar-refractivity contribution is 5.96. The van der Waals surface area contributed by atoms with Gasteiger partial charge in [0.2, 0.25) is 0 Å². The van der Waals surface area contributed by atoms with Gasteiger partial charge >= 0.3 is 0 Å². The number of carbonyl (C=O) groups excluding carboxylic acids is 1. The molecule has 1 aliphatic rings. The Morgan fingerprint density at radius 3 is 2.25 bits per heavy atom. The summed E-state index contributed by atoms with van der Waals surface area (Å²) in [5, 5.41) is 0. The summed E-state index contributed by atoms with van der Waals surface area (Å²) in [6.45, 7) is 10.4. The Morgan fingerprint density at radius 2 is 1.62 bits per heavy atom. The minimum atomic E-state index is -0.355. The molecule has 0 bridgehead atoms. The van der Waals surface area contributed by atoms with Crippen LogP contribution in [-0.4, -0.2) is 5.78 Å². The summed E-state index contributed by atoms with van der Waals surface area (Å²) in [7, 11) is 0. The molecule has 0 amide bonds. The molecular formula is C15H20O. The first-order valence-electron chi connectivity index (χ1n) is 5.94. The molecule has 1 unspecified atom stereocenters. The van der Waals surface area contributed by atoms with Gasteiger partial charge in [-0.1, -0.05) is 45.0 Å². The van der Waals surface area contributed by atoms with Gasteiger partial charge in [-0.3, -0.25) is 4.79 Å². The number of fused-ring (bicyclic) bond motifs is 1. The number of Topliss-reactive ketones (excluding diaryl/α,β-unsaturated/α-hetero) is 1. The van der Waals surface area contributed by atoms with E-state index in [1.54, 1.807) is 0 Å². The highest BCUT2D eigenvalue weighted by atomic mass is 16.1. The highest BCUT2D eigenvalue weighted by Gasteiger charge is 2.49. The summed E-state index contributed by atoms with van der Waals surface area (Å²) in [4.78, 5) is 12.5. The Bertz CT molecular complexity index is 441. The molecule has 0 aliphatic heterocycles. The van der Waals surface area contributed by atoms with Crippen LogP contribution >= 0.6 is 0 Å². The smallest absolute Gasteiger partial charge is 0.149 e. The lowest BCUT2D eigenvalue weighted by Crippen LogP contribution is -2.47. The van der Waals surface area contributed by atoms with E-state index in [-0.39, 0.29) is 10.8 Å². The van der Waals surface area contributed by atoms with Gasteiger partial charge in [0.1, 0.15) is 5.78 Å². The maximum absolute atomic E-state index is 12.5. The lowest BCUT2D eigenvalue weighted by molar-refractivity contribution is -0.134. The molecule has 0 saturated heterocycles. The van der Waals surface area contributed by atoms with E-state index in [4.69, 9.17) is 0 Å². The van der Waals surface area contributed by atoms with Crippen LogP contribution in [0.2, 0.25) is 0 Å². The summed E-state index contributed by atoms with van der Waals surface area (Å²) < 4.78 is 0. The van der Waals surface area contributed by atoms with Gasteiger partial charge in [-0.25, -0.2) is 0 Å². The van der Waals surface area contributed by atoms with Crippen LogP contribution in [0.1, 0.15) is 51.7 Å². The number of carbonyl (C=O) groups is 1. The van der Waals surface area contributed by atoms with E-state index in [0.29, 0.717) is 11.7 Å². The van der Waals surface area contributed by atoms with Gasteiger partial charge in [0.15, 0.2) is 0 Å². The van der Waals surface area contributed by atoms with E-state index >= 15 is 0 Å². The van der Waals surface area contributed by atoms with Crippen LogP contribution in [0.25, 0.3) is 0 Å². The molecule has 1 nitrogen and oxygen atoms in total.